The fourth-order valence-corrected chi connectivity index (χ4v) is 0.746. The maximum Gasteiger partial charge on any atom is 0.248 e. The van der Waals surface area contributed by atoms with Crippen LogP contribution >= 0.6 is 0 Å². The second-order valence-electron chi connectivity index (χ2n) is 2.31. The van der Waals surface area contributed by atoms with Gasteiger partial charge >= 0.3 is 0 Å². The van der Waals surface area contributed by atoms with Crippen LogP contribution in [0.2, 0.25) is 0 Å². The summed E-state index contributed by atoms with van der Waals surface area (Å²) in [6.45, 7) is 1.91. The van der Waals surface area contributed by atoms with Gasteiger partial charge in [0.15, 0.2) is 0 Å². The van der Waals surface area contributed by atoms with Crippen molar-refractivity contribution in [1.82, 2.24) is 0 Å². The molecule has 0 aromatic carbocycles. The van der Waals surface area contributed by atoms with Crippen LogP contribution in [0.1, 0.15) is 6.92 Å². The highest BCUT2D eigenvalue weighted by Crippen LogP contribution is 2.03. The zero-order chi connectivity index (χ0) is 8.27. The molecule has 2 heteroatoms. The molecule has 56 valence electrons. The average molecular weight is 147 g/mol. The van der Waals surface area contributed by atoms with Gasteiger partial charge < -0.3 is 5.73 Å². The molecule has 2 N–H and O–H groups in total. The molecule has 2 nitrogen and oxygen atoms in total. The van der Waals surface area contributed by atoms with Crippen molar-refractivity contribution in [3.05, 3.63) is 41.2 Å². The Hall–Kier alpha value is -1.53. The van der Waals surface area contributed by atoms with Crippen LogP contribution in [0.15, 0.2) is 41.2 Å². The number of hydrogen-bond acceptors (Lipinski definition) is 1. The summed E-state index contributed by atoms with van der Waals surface area (Å²) >= 11 is 0. The van der Waals surface area contributed by atoms with Crippen molar-refractivity contribution in [3.63, 3.8) is 0 Å². The fraction of sp³-hybridized carbons (Fsp3) is 0.111. The van der Waals surface area contributed by atoms with Crippen LogP contribution in [0.5, 0.6) is 0 Å². The largest absolute Gasteiger partial charge is 0.366 e. The lowest BCUT2D eigenvalue weighted by atomic mass is 10.2. The van der Waals surface area contributed by atoms with Crippen molar-refractivity contribution < 1.29 is 4.79 Å². The highest BCUT2D eigenvalue weighted by atomic mass is 16.1. The van der Waals surface area contributed by atoms with Gasteiger partial charge in [0, 0.05) is 5.57 Å². The highest BCUT2D eigenvalue weighted by Gasteiger charge is 1.98. The Kier molecular flexibility index (Phi) is 2.09. The smallest absolute Gasteiger partial charge is 0.248 e. The summed E-state index contributed by atoms with van der Waals surface area (Å²) in [6.07, 6.45) is 6.83. The normalized spacial score (nSPS) is 15.4. The predicted molar refractivity (Wildman–Crippen MR) is 43.7 cm³/mol. The van der Waals surface area contributed by atoms with Crippen molar-refractivity contribution in [2.75, 3.05) is 0 Å². The molecule has 0 saturated carbocycles. The molecule has 0 atom stereocenters. The number of primary amides is 1. The topological polar surface area (TPSA) is 43.1 Å². The Labute approximate surface area is 65.4 Å². The van der Waals surface area contributed by atoms with Crippen molar-refractivity contribution in [2.45, 2.75) is 6.92 Å². The van der Waals surface area contributed by atoms with Crippen LogP contribution in [0.4, 0.5) is 0 Å². The van der Waals surface area contributed by atoms with Gasteiger partial charge in [-0.2, -0.15) is 0 Å². The highest BCUT2D eigenvalue weighted by molar-refractivity contribution is 5.95. The molecule has 0 aliphatic heterocycles. The molecule has 0 saturated heterocycles. The molecule has 0 unspecified atom stereocenters. The van der Waals surface area contributed by atoms with Gasteiger partial charge in [-0.05, 0) is 30.7 Å². The molecule has 0 aromatic heterocycles. The lowest BCUT2D eigenvalue weighted by Crippen LogP contribution is -2.11. The van der Waals surface area contributed by atoms with Gasteiger partial charge in [-0.1, -0.05) is 6.08 Å². The number of carbonyl (C=O) groups is 1. The number of hydrogen-bond donors (Lipinski definition) is 1. The summed E-state index contributed by atoms with van der Waals surface area (Å²) in [7, 11) is 0. The van der Waals surface area contributed by atoms with Crippen molar-refractivity contribution >= 4 is 5.91 Å². The van der Waals surface area contributed by atoms with Crippen LogP contribution in [0, 0.1) is 0 Å². The van der Waals surface area contributed by atoms with E-state index in [-0.39, 0.29) is 0 Å². The minimum absolute atomic E-state index is 0.408. The maximum absolute atomic E-state index is 10.7. The van der Waals surface area contributed by atoms with Crippen molar-refractivity contribution in [3.8, 4) is 0 Å². The molecule has 0 heterocycles. The second kappa shape index (κ2) is 3.04. The van der Waals surface area contributed by atoms with E-state index in [1.54, 1.807) is 24.3 Å². The first-order valence-corrected chi connectivity index (χ1v) is 3.31. The van der Waals surface area contributed by atoms with Gasteiger partial charge in [-0.15, -0.1) is 5.73 Å². The van der Waals surface area contributed by atoms with Gasteiger partial charge in [0.05, 0.1) is 0 Å². The number of allylic oxidation sites excluding steroid dienone is 3. The Morgan fingerprint density at radius 2 is 2.27 bits per heavy atom. The van der Waals surface area contributed by atoms with E-state index in [0.717, 1.165) is 5.57 Å². The van der Waals surface area contributed by atoms with E-state index < -0.39 is 5.91 Å². The van der Waals surface area contributed by atoms with Crippen LogP contribution in [-0.4, -0.2) is 5.91 Å². The first kappa shape index (κ1) is 7.58. The summed E-state index contributed by atoms with van der Waals surface area (Å²) in [6, 6.07) is 0. The Balaban J connectivity index is 2.96. The molecular formula is C9H9NO. The van der Waals surface area contributed by atoms with Crippen LogP contribution in [-0.2, 0) is 4.79 Å². The van der Waals surface area contributed by atoms with Gasteiger partial charge in [0.1, 0.15) is 0 Å². The van der Waals surface area contributed by atoms with Gasteiger partial charge in [-0.25, -0.2) is 0 Å². The minimum atomic E-state index is -0.408. The second-order valence-corrected chi connectivity index (χ2v) is 2.31. The molecule has 0 aromatic rings. The van der Waals surface area contributed by atoms with Crippen LogP contribution in [0.25, 0.3) is 0 Å². The standard InChI is InChI=1S/C9H9NO/c1-7-3-2-4-8(6-5-7)9(10)11/h2,4-6H,1H3,(H2,10,11). The molecule has 0 radical (unpaired) electrons. The van der Waals surface area contributed by atoms with E-state index in [0.29, 0.717) is 5.57 Å². The molecule has 0 bridgehead atoms. The SMILES string of the molecule is CC1=C=CC=C(C(N)=O)C=C1. The van der Waals surface area contributed by atoms with E-state index in [9.17, 15) is 4.79 Å². The quantitative estimate of drug-likeness (QED) is 0.554. The molecule has 1 rings (SSSR count). The third-order valence-electron chi connectivity index (χ3n) is 1.37. The molecule has 0 spiro atoms. The van der Waals surface area contributed by atoms with Gasteiger partial charge in [-0.3, -0.25) is 4.79 Å². The van der Waals surface area contributed by atoms with Crippen molar-refractivity contribution in [1.29, 1.82) is 0 Å². The molecule has 11 heavy (non-hydrogen) atoms. The first-order valence-electron chi connectivity index (χ1n) is 3.31. The Bertz CT molecular complexity index is 302. The fourth-order valence-electron chi connectivity index (χ4n) is 0.746. The lowest BCUT2D eigenvalue weighted by Gasteiger charge is -1.90. The predicted octanol–water partition coefficient (Wildman–Crippen LogP) is 1.07. The molecule has 1 aliphatic carbocycles. The number of rotatable bonds is 1. The Morgan fingerprint density at radius 3 is 2.91 bits per heavy atom. The van der Waals surface area contributed by atoms with Crippen molar-refractivity contribution in [2.24, 2.45) is 5.73 Å². The summed E-state index contributed by atoms with van der Waals surface area (Å²) < 4.78 is 0. The van der Waals surface area contributed by atoms with E-state index in [2.05, 4.69) is 5.73 Å². The van der Waals surface area contributed by atoms with Gasteiger partial charge in [0.25, 0.3) is 0 Å². The van der Waals surface area contributed by atoms with Gasteiger partial charge in [0.2, 0.25) is 5.91 Å². The zero-order valence-electron chi connectivity index (χ0n) is 6.29. The number of nitrogens with two attached hydrogens (primary N) is 1. The summed E-state index contributed by atoms with van der Waals surface area (Å²) in [4.78, 5) is 10.7. The van der Waals surface area contributed by atoms with Crippen LogP contribution in [0.3, 0.4) is 0 Å². The first-order chi connectivity index (χ1) is 5.20. The summed E-state index contributed by atoms with van der Waals surface area (Å²) in [5.74, 6) is -0.408. The van der Waals surface area contributed by atoms with E-state index in [1.165, 1.54) is 0 Å². The average Bonchev–Trinajstić information content (AvgIpc) is 2.13. The number of carbonyl (C=O) groups excluding carboxylic acids is 1. The third kappa shape index (κ3) is 1.95. The molecular weight excluding hydrogens is 138 g/mol. The third-order valence-corrected chi connectivity index (χ3v) is 1.37. The van der Waals surface area contributed by atoms with E-state index in [1.807, 2.05) is 6.92 Å². The zero-order valence-corrected chi connectivity index (χ0v) is 6.29. The lowest BCUT2D eigenvalue weighted by molar-refractivity contribution is -0.114. The summed E-state index contributed by atoms with van der Waals surface area (Å²) in [5, 5.41) is 0. The van der Waals surface area contributed by atoms with E-state index in [4.69, 9.17) is 5.73 Å². The maximum atomic E-state index is 10.7. The molecule has 1 amide bonds. The summed E-state index contributed by atoms with van der Waals surface area (Å²) in [5.41, 5.74) is 9.51. The molecule has 0 fully saturated rings. The molecule has 1 aliphatic rings. The Morgan fingerprint density at radius 1 is 1.55 bits per heavy atom. The minimum Gasteiger partial charge on any atom is -0.366 e. The van der Waals surface area contributed by atoms with E-state index >= 15 is 0 Å². The number of amides is 1. The monoisotopic (exact) mass is 147 g/mol. The van der Waals surface area contributed by atoms with Crippen LogP contribution < -0.4 is 5.73 Å².